The van der Waals surface area contributed by atoms with Gasteiger partial charge in [0.1, 0.15) is 0 Å². The molecule has 1 aromatic rings. The topological polar surface area (TPSA) is 73.3 Å². The Bertz CT molecular complexity index is 675. The number of methoxy groups -OCH3 is 1. The summed E-state index contributed by atoms with van der Waals surface area (Å²) >= 11 is 0. The summed E-state index contributed by atoms with van der Waals surface area (Å²) in [6, 6.07) is 6.20. The molecule has 1 heterocycles. The van der Waals surface area contributed by atoms with Crippen molar-refractivity contribution in [2.75, 3.05) is 46.6 Å². The molecule has 1 unspecified atom stereocenters. The van der Waals surface area contributed by atoms with Gasteiger partial charge in [-0.1, -0.05) is 19.9 Å². The van der Waals surface area contributed by atoms with Gasteiger partial charge >= 0.3 is 0 Å². The average molecular weight is 436 g/mol. The number of benzene rings is 1. The number of hydrogen-bond acceptors (Lipinski definition) is 5. The van der Waals surface area contributed by atoms with E-state index in [-0.39, 0.29) is 11.6 Å². The van der Waals surface area contributed by atoms with Crippen LogP contribution in [0.1, 0.15) is 65.0 Å². The number of ether oxygens (including phenoxy) is 4. The predicted octanol–water partition coefficient (Wildman–Crippen LogP) is 4.08. The van der Waals surface area contributed by atoms with Gasteiger partial charge < -0.3 is 29.6 Å². The highest BCUT2D eigenvalue weighted by Gasteiger charge is 2.32. The monoisotopic (exact) mass is 435 g/mol. The van der Waals surface area contributed by atoms with E-state index in [4.69, 9.17) is 23.9 Å². The van der Waals surface area contributed by atoms with E-state index in [0.29, 0.717) is 19.8 Å². The van der Waals surface area contributed by atoms with Crippen LogP contribution in [0.25, 0.3) is 0 Å². The number of guanidine groups is 1. The summed E-state index contributed by atoms with van der Waals surface area (Å²) in [4.78, 5) is 4.83. The molecule has 1 saturated heterocycles. The molecule has 0 saturated carbocycles. The highest BCUT2D eigenvalue weighted by atomic mass is 16.5. The lowest BCUT2D eigenvalue weighted by Gasteiger charge is -2.34. The molecular weight excluding hydrogens is 394 g/mol. The predicted molar refractivity (Wildman–Crippen MR) is 125 cm³/mol. The van der Waals surface area contributed by atoms with E-state index >= 15 is 0 Å². The number of aliphatic imine (C=N–C) groups is 1. The Morgan fingerprint density at radius 3 is 2.39 bits per heavy atom. The molecule has 7 nitrogen and oxygen atoms in total. The molecule has 0 spiro atoms. The highest BCUT2D eigenvalue weighted by Crippen LogP contribution is 2.31. The molecule has 0 aliphatic carbocycles. The average Bonchev–Trinajstić information content (AvgIpc) is 2.80. The van der Waals surface area contributed by atoms with Crippen LogP contribution in [-0.4, -0.2) is 58.2 Å². The second kappa shape index (κ2) is 13.4. The van der Waals surface area contributed by atoms with E-state index < -0.39 is 0 Å². The molecule has 0 aromatic heterocycles. The summed E-state index contributed by atoms with van der Waals surface area (Å²) in [7, 11) is 1.77. The second-order valence-electron chi connectivity index (χ2n) is 7.96. The van der Waals surface area contributed by atoms with Crippen LogP contribution >= 0.6 is 0 Å². The molecule has 0 bridgehead atoms. The van der Waals surface area contributed by atoms with Crippen LogP contribution in [-0.2, 0) is 9.47 Å². The van der Waals surface area contributed by atoms with Crippen molar-refractivity contribution < 1.29 is 18.9 Å². The molecule has 2 rings (SSSR count). The largest absolute Gasteiger partial charge is 0.490 e. The Morgan fingerprint density at radius 1 is 1.10 bits per heavy atom. The minimum atomic E-state index is -0.247. The zero-order valence-electron chi connectivity index (χ0n) is 20.0. The summed E-state index contributed by atoms with van der Waals surface area (Å²) < 4.78 is 23.1. The van der Waals surface area contributed by atoms with Gasteiger partial charge in [-0.25, -0.2) is 0 Å². The summed E-state index contributed by atoms with van der Waals surface area (Å²) in [6.07, 6.45) is 3.64. The Labute approximate surface area is 187 Å². The fraction of sp³-hybridized carbons (Fsp3) is 0.708. The first kappa shape index (κ1) is 25.3. The molecular formula is C24H41N3O4. The summed E-state index contributed by atoms with van der Waals surface area (Å²) in [6.45, 7) is 12.6. The first-order valence-electron chi connectivity index (χ1n) is 11.6. The minimum absolute atomic E-state index is 0.0511. The maximum atomic E-state index is 5.95. The van der Waals surface area contributed by atoms with Crippen molar-refractivity contribution in [2.45, 2.75) is 65.0 Å². The van der Waals surface area contributed by atoms with Gasteiger partial charge in [-0.3, -0.25) is 4.99 Å². The maximum absolute atomic E-state index is 5.95. The molecule has 176 valence electrons. The van der Waals surface area contributed by atoms with E-state index in [1.165, 1.54) is 0 Å². The van der Waals surface area contributed by atoms with Gasteiger partial charge in [0, 0.05) is 39.7 Å². The third-order valence-corrected chi connectivity index (χ3v) is 5.45. The first-order chi connectivity index (χ1) is 15.1. The Morgan fingerprint density at radius 2 is 1.77 bits per heavy atom. The highest BCUT2D eigenvalue weighted by molar-refractivity contribution is 5.80. The van der Waals surface area contributed by atoms with Gasteiger partial charge in [0.05, 0.1) is 31.4 Å². The van der Waals surface area contributed by atoms with Gasteiger partial charge in [0.25, 0.3) is 0 Å². The van der Waals surface area contributed by atoms with Gasteiger partial charge in [-0.2, -0.15) is 0 Å². The normalized spacial score (nSPS) is 17.1. The maximum Gasteiger partial charge on any atom is 0.191 e. The fourth-order valence-corrected chi connectivity index (χ4v) is 3.45. The van der Waals surface area contributed by atoms with Crippen molar-refractivity contribution in [1.82, 2.24) is 10.6 Å². The smallest absolute Gasteiger partial charge is 0.191 e. The van der Waals surface area contributed by atoms with Crippen molar-refractivity contribution in [3.05, 3.63) is 23.8 Å². The van der Waals surface area contributed by atoms with Crippen molar-refractivity contribution in [3.63, 3.8) is 0 Å². The third-order valence-electron chi connectivity index (χ3n) is 5.45. The van der Waals surface area contributed by atoms with Crippen LogP contribution in [0.2, 0.25) is 0 Å². The molecule has 1 aliphatic heterocycles. The van der Waals surface area contributed by atoms with E-state index in [9.17, 15) is 0 Å². The molecule has 1 atom stereocenters. The van der Waals surface area contributed by atoms with Crippen LogP contribution in [0.4, 0.5) is 0 Å². The van der Waals surface area contributed by atoms with Crippen molar-refractivity contribution in [2.24, 2.45) is 4.99 Å². The molecule has 7 heteroatoms. The van der Waals surface area contributed by atoms with Crippen LogP contribution in [0.15, 0.2) is 23.2 Å². The lowest BCUT2D eigenvalue weighted by molar-refractivity contribution is -0.0828. The molecule has 1 aliphatic rings. The molecule has 0 amide bonds. The minimum Gasteiger partial charge on any atom is -0.490 e. The van der Waals surface area contributed by atoms with E-state index in [0.717, 1.165) is 68.5 Å². The van der Waals surface area contributed by atoms with E-state index in [1.807, 2.05) is 6.07 Å². The number of nitrogens with one attached hydrogen (secondary N) is 2. The fourth-order valence-electron chi connectivity index (χ4n) is 3.45. The Hall–Kier alpha value is -1.99. The van der Waals surface area contributed by atoms with Crippen molar-refractivity contribution in [3.8, 4) is 11.5 Å². The zero-order chi connectivity index (χ0) is 22.5. The first-order valence-corrected chi connectivity index (χ1v) is 11.6. The number of hydrogen-bond donors (Lipinski definition) is 2. The van der Waals surface area contributed by atoms with Gasteiger partial charge in [0.2, 0.25) is 0 Å². The van der Waals surface area contributed by atoms with Crippen LogP contribution < -0.4 is 20.1 Å². The molecule has 1 aromatic carbocycles. The quantitative estimate of drug-likeness (QED) is 0.381. The van der Waals surface area contributed by atoms with Crippen LogP contribution in [0, 0.1) is 0 Å². The molecule has 0 radical (unpaired) electrons. The third kappa shape index (κ3) is 7.89. The van der Waals surface area contributed by atoms with Crippen molar-refractivity contribution in [1.29, 1.82) is 0 Å². The van der Waals surface area contributed by atoms with Crippen LogP contribution in [0.3, 0.4) is 0 Å². The van der Waals surface area contributed by atoms with Gasteiger partial charge in [0.15, 0.2) is 17.5 Å². The number of rotatable bonds is 12. The summed E-state index contributed by atoms with van der Waals surface area (Å²) in [5.74, 6) is 2.37. The second-order valence-corrected chi connectivity index (χ2v) is 7.96. The van der Waals surface area contributed by atoms with Crippen molar-refractivity contribution >= 4 is 5.96 Å². The van der Waals surface area contributed by atoms with Gasteiger partial charge in [-0.05, 0) is 44.4 Å². The summed E-state index contributed by atoms with van der Waals surface area (Å²) in [5.41, 5.74) is 0.872. The number of nitrogens with zero attached hydrogens (tertiary/aromatic N) is 1. The van der Waals surface area contributed by atoms with Crippen LogP contribution in [0.5, 0.6) is 11.5 Å². The molecule has 2 N–H and O–H groups in total. The molecule has 31 heavy (non-hydrogen) atoms. The lowest BCUT2D eigenvalue weighted by Crippen LogP contribution is -2.44. The van der Waals surface area contributed by atoms with Gasteiger partial charge in [-0.15, -0.1) is 0 Å². The Kier molecular flexibility index (Phi) is 10.9. The lowest BCUT2D eigenvalue weighted by atomic mass is 9.94. The van der Waals surface area contributed by atoms with E-state index in [2.05, 4.69) is 50.5 Å². The Balaban J connectivity index is 2.12. The SMILES string of the molecule is CCCOc1ccc(C(C)NC(=NCC2(OC)CCOCC2)NCC)cc1OCCC. The zero-order valence-corrected chi connectivity index (χ0v) is 20.0. The standard InChI is InChI=1S/C24H41N3O4/c1-6-13-30-21-10-9-20(17-22(21)31-14-7-2)19(4)27-23(25-8-3)26-18-24(28-5)11-15-29-16-12-24/h9-10,17,19H,6-8,11-16,18H2,1-5H3,(H2,25,26,27). The van der Waals surface area contributed by atoms with E-state index in [1.54, 1.807) is 7.11 Å². The molecule has 1 fully saturated rings. The summed E-state index contributed by atoms with van der Waals surface area (Å²) in [5, 5.41) is 6.87.